The molecule has 2 aromatic carbocycles. The lowest BCUT2D eigenvalue weighted by Gasteiger charge is -2.25. The molecule has 0 aliphatic carbocycles. The van der Waals surface area contributed by atoms with Crippen molar-refractivity contribution in [3.8, 4) is 0 Å². The number of rotatable bonds is 6. The molecular weight excluding hydrogens is 326 g/mol. The third kappa shape index (κ3) is 5.70. The van der Waals surface area contributed by atoms with Crippen LogP contribution < -0.4 is 10.6 Å². The predicted octanol–water partition coefficient (Wildman–Crippen LogP) is 3.86. The number of carbonyl (C=O) groups is 2. The Morgan fingerprint density at radius 1 is 1.00 bits per heavy atom. The summed E-state index contributed by atoms with van der Waals surface area (Å²) in [6.07, 6.45) is 0. The highest BCUT2D eigenvalue weighted by Gasteiger charge is 2.16. The number of nitrogens with zero attached hydrogens (tertiary/aromatic N) is 1. The second-order valence-electron chi connectivity index (χ2n) is 6.73. The third-order valence-corrected chi connectivity index (χ3v) is 4.41. The molecule has 0 aliphatic heterocycles. The summed E-state index contributed by atoms with van der Waals surface area (Å²) in [5.74, 6) is -0.322. The van der Waals surface area contributed by atoms with Crippen molar-refractivity contribution in [2.24, 2.45) is 0 Å². The zero-order chi connectivity index (χ0) is 19.1. The number of amides is 3. The largest absolute Gasteiger partial charge is 0.325 e. The fraction of sp³-hybridized carbons (Fsp3) is 0.333. The lowest BCUT2D eigenvalue weighted by Crippen LogP contribution is -2.43. The molecule has 3 amide bonds. The van der Waals surface area contributed by atoms with E-state index >= 15 is 0 Å². The van der Waals surface area contributed by atoms with Crippen molar-refractivity contribution >= 4 is 17.6 Å². The van der Waals surface area contributed by atoms with Gasteiger partial charge in [-0.3, -0.25) is 15.0 Å². The predicted molar refractivity (Wildman–Crippen MR) is 105 cm³/mol. The van der Waals surface area contributed by atoms with E-state index in [1.807, 2.05) is 81.1 Å². The lowest BCUT2D eigenvalue weighted by atomic mass is 10.1. The number of benzene rings is 2. The van der Waals surface area contributed by atoms with Gasteiger partial charge in [0.25, 0.3) is 0 Å². The van der Waals surface area contributed by atoms with Crippen LogP contribution in [-0.4, -0.2) is 29.4 Å². The molecule has 2 rings (SSSR count). The van der Waals surface area contributed by atoms with Crippen LogP contribution in [0.4, 0.5) is 10.5 Å². The summed E-state index contributed by atoms with van der Waals surface area (Å²) >= 11 is 0. The minimum Gasteiger partial charge on any atom is -0.307 e. The highest BCUT2D eigenvalue weighted by atomic mass is 16.2. The van der Waals surface area contributed by atoms with Crippen LogP contribution in [0.15, 0.2) is 48.5 Å². The summed E-state index contributed by atoms with van der Waals surface area (Å²) in [5.41, 5.74) is 3.92. The topological polar surface area (TPSA) is 61.4 Å². The summed E-state index contributed by atoms with van der Waals surface area (Å²) < 4.78 is 0. The van der Waals surface area contributed by atoms with E-state index in [2.05, 4.69) is 10.6 Å². The number of urea groups is 1. The molecule has 0 saturated heterocycles. The molecule has 26 heavy (non-hydrogen) atoms. The van der Waals surface area contributed by atoms with Gasteiger partial charge in [0.2, 0.25) is 5.91 Å². The number of hydrogen-bond acceptors (Lipinski definition) is 3. The van der Waals surface area contributed by atoms with Crippen LogP contribution in [-0.2, 0) is 11.3 Å². The van der Waals surface area contributed by atoms with Gasteiger partial charge in [-0.2, -0.15) is 0 Å². The average Bonchev–Trinajstić information content (AvgIpc) is 2.59. The third-order valence-electron chi connectivity index (χ3n) is 4.41. The second-order valence-corrected chi connectivity index (χ2v) is 6.73. The van der Waals surface area contributed by atoms with Crippen molar-refractivity contribution in [3.05, 3.63) is 65.2 Å². The lowest BCUT2D eigenvalue weighted by molar-refractivity contribution is -0.121. The maximum atomic E-state index is 12.3. The Balaban J connectivity index is 1.93. The van der Waals surface area contributed by atoms with Crippen molar-refractivity contribution in [3.63, 3.8) is 0 Å². The standard InChI is InChI=1S/C21H27N3O2/c1-15(2)24(13-18-10-6-5-7-11-18)14-20(25)23-21(26)22-19-12-8-9-16(3)17(19)4/h5-12,15H,13-14H2,1-4H3,(H2,22,23,25,26). The minimum atomic E-state index is -0.507. The van der Waals surface area contributed by atoms with E-state index in [1.54, 1.807) is 0 Å². The molecule has 2 N–H and O–H groups in total. The van der Waals surface area contributed by atoms with Crippen LogP contribution in [0.2, 0.25) is 0 Å². The molecule has 0 saturated carbocycles. The van der Waals surface area contributed by atoms with Crippen LogP contribution >= 0.6 is 0 Å². The molecule has 0 spiro atoms. The van der Waals surface area contributed by atoms with Crippen molar-refractivity contribution in [1.29, 1.82) is 0 Å². The molecule has 0 aromatic heterocycles. The van der Waals surface area contributed by atoms with Gasteiger partial charge >= 0.3 is 6.03 Å². The maximum absolute atomic E-state index is 12.3. The van der Waals surface area contributed by atoms with Gasteiger partial charge in [-0.25, -0.2) is 4.79 Å². The Bertz CT molecular complexity index is 757. The summed E-state index contributed by atoms with van der Waals surface area (Å²) in [6.45, 7) is 8.80. The van der Waals surface area contributed by atoms with E-state index in [0.717, 1.165) is 16.7 Å². The fourth-order valence-corrected chi connectivity index (χ4v) is 2.63. The van der Waals surface area contributed by atoms with Crippen LogP contribution in [0.25, 0.3) is 0 Å². The van der Waals surface area contributed by atoms with Crippen LogP contribution in [0.3, 0.4) is 0 Å². The number of carbonyl (C=O) groups excluding carboxylic acids is 2. The number of hydrogen-bond donors (Lipinski definition) is 2. The Hall–Kier alpha value is -2.66. The molecule has 2 aromatic rings. The van der Waals surface area contributed by atoms with E-state index in [-0.39, 0.29) is 18.5 Å². The summed E-state index contributed by atoms with van der Waals surface area (Å²) in [4.78, 5) is 26.4. The minimum absolute atomic E-state index is 0.160. The molecule has 0 bridgehead atoms. The summed E-state index contributed by atoms with van der Waals surface area (Å²) in [7, 11) is 0. The smallest absolute Gasteiger partial charge is 0.307 e. The van der Waals surface area contributed by atoms with Gasteiger partial charge in [-0.05, 0) is 50.5 Å². The normalized spacial score (nSPS) is 10.8. The Morgan fingerprint density at radius 2 is 1.69 bits per heavy atom. The zero-order valence-corrected chi connectivity index (χ0v) is 15.9. The summed E-state index contributed by atoms with van der Waals surface area (Å²) in [6, 6.07) is 15.3. The molecular formula is C21H27N3O2. The fourth-order valence-electron chi connectivity index (χ4n) is 2.63. The van der Waals surface area contributed by atoms with E-state index in [1.165, 1.54) is 0 Å². The van der Waals surface area contributed by atoms with Gasteiger partial charge < -0.3 is 5.32 Å². The SMILES string of the molecule is Cc1cccc(NC(=O)NC(=O)CN(Cc2ccccc2)C(C)C)c1C. The molecule has 5 nitrogen and oxygen atoms in total. The molecule has 0 unspecified atom stereocenters. The van der Waals surface area contributed by atoms with Crippen LogP contribution in [0, 0.1) is 13.8 Å². The quantitative estimate of drug-likeness (QED) is 0.829. The first-order valence-corrected chi connectivity index (χ1v) is 8.82. The summed E-state index contributed by atoms with van der Waals surface area (Å²) in [5, 5.41) is 5.16. The number of nitrogens with one attached hydrogen (secondary N) is 2. The number of aryl methyl sites for hydroxylation is 1. The van der Waals surface area contributed by atoms with E-state index in [4.69, 9.17) is 0 Å². The average molecular weight is 353 g/mol. The molecule has 0 fully saturated rings. The molecule has 5 heteroatoms. The monoisotopic (exact) mass is 353 g/mol. The van der Waals surface area contributed by atoms with Gasteiger partial charge in [-0.15, -0.1) is 0 Å². The first-order valence-electron chi connectivity index (χ1n) is 8.82. The molecule has 0 aliphatic rings. The Labute approximate surface area is 155 Å². The highest BCUT2D eigenvalue weighted by Crippen LogP contribution is 2.17. The van der Waals surface area contributed by atoms with E-state index in [0.29, 0.717) is 12.2 Å². The Morgan fingerprint density at radius 3 is 2.35 bits per heavy atom. The van der Waals surface area contributed by atoms with Crippen molar-refractivity contribution < 1.29 is 9.59 Å². The van der Waals surface area contributed by atoms with E-state index in [9.17, 15) is 9.59 Å². The first-order chi connectivity index (χ1) is 12.4. The first kappa shape index (κ1) is 19.7. The molecule has 0 heterocycles. The van der Waals surface area contributed by atoms with Crippen molar-refractivity contribution in [2.75, 3.05) is 11.9 Å². The second kappa shape index (κ2) is 9.15. The molecule has 0 atom stereocenters. The van der Waals surface area contributed by atoms with Gasteiger partial charge in [0.15, 0.2) is 0 Å². The maximum Gasteiger partial charge on any atom is 0.325 e. The highest BCUT2D eigenvalue weighted by molar-refractivity contribution is 6.02. The van der Waals surface area contributed by atoms with Gasteiger partial charge in [0.1, 0.15) is 0 Å². The van der Waals surface area contributed by atoms with Gasteiger partial charge in [0, 0.05) is 18.3 Å². The zero-order valence-electron chi connectivity index (χ0n) is 15.9. The van der Waals surface area contributed by atoms with E-state index < -0.39 is 6.03 Å². The van der Waals surface area contributed by atoms with Crippen LogP contribution in [0.1, 0.15) is 30.5 Å². The molecule has 138 valence electrons. The molecule has 0 radical (unpaired) electrons. The number of anilines is 1. The number of imide groups is 1. The Kier molecular flexibility index (Phi) is 6.92. The van der Waals surface area contributed by atoms with Crippen molar-refractivity contribution in [1.82, 2.24) is 10.2 Å². The van der Waals surface area contributed by atoms with Gasteiger partial charge in [0.05, 0.1) is 6.54 Å². The van der Waals surface area contributed by atoms with Gasteiger partial charge in [-0.1, -0.05) is 42.5 Å². The van der Waals surface area contributed by atoms with Crippen molar-refractivity contribution in [2.45, 2.75) is 40.3 Å². The van der Waals surface area contributed by atoms with Crippen LogP contribution in [0.5, 0.6) is 0 Å².